The number of aliphatic hydroxyl groups is 1. The van der Waals surface area contributed by atoms with Crippen LogP contribution in [0, 0.1) is 0 Å². The predicted octanol–water partition coefficient (Wildman–Crippen LogP) is 1.41. The monoisotopic (exact) mass is 200 g/mol. The first-order valence-electron chi connectivity index (χ1n) is 3.99. The molecule has 1 saturated carbocycles. The third-order valence-electron chi connectivity index (χ3n) is 1.87. The first-order valence-corrected chi connectivity index (χ1v) is 3.99. The molecule has 0 aromatic rings. The largest absolute Gasteiger partial charge is 0.524 e. The molecule has 0 aliphatic heterocycles. The van der Waals surface area contributed by atoms with Crippen LogP contribution in [0.3, 0.4) is 0 Å². The lowest BCUT2D eigenvalue weighted by atomic mass is 9.91. The van der Waals surface area contributed by atoms with Crippen LogP contribution in [0.4, 0.5) is 13.2 Å². The number of halogens is 3. The summed E-state index contributed by atoms with van der Waals surface area (Å²) in [6, 6.07) is 0. The first-order chi connectivity index (χ1) is 5.97. The van der Waals surface area contributed by atoms with Gasteiger partial charge in [-0.15, -0.1) is 13.2 Å². The molecule has 0 bridgehead atoms. The second-order valence-corrected chi connectivity index (χ2v) is 2.88. The van der Waals surface area contributed by atoms with Gasteiger partial charge in [-0.3, -0.25) is 4.74 Å². The maximum atomic E-state index is 11.8. The van der Waals surface area contributed by atoms with Gasteiger partial charge in [-0.05, 0) is 6.42 Å². The van der Waals surface area contributed by atoms with Crippen molar-refractivity contribution < 1.29 is 27.8 Å². The Hall–Kier alpha value is -0.330. The molecule has 0 amide bonds. The maximum absolute atomic E-state index is 11.8. The van der Waals surface area contributed by atoms with Crippen molar-refractivity contribution in [3.63, 3.8) is 0 Å². The van der Waals surface area contributed by atoms with Crippen LogP contribution in [0.1, 0.15) is 19.3 Å². The van der Waals surface area contributed by atoms with E-state index in [0.29, 0.717) is 6.42 Å². The van der Waals surface area contributed by atoms with Crippen LogP contribution < -0.4 is 0 Å². The summed E-state index contributed by atoms with van der Waals surface area (Å²) in [6.45, 7) is -0.432. The lowest BCUT2D eigenvalue weighted by Gasteiger charge is -2.40. The van der Waals surface area contributed by atoms with Crippen LogP contribution in [0.5, 0.6) is 0 Å². The van der Waals surface area contributed by atoms with Gasteiger partial charge in [0.05, 0.1) is 13.2 Å². The average Bonchev–Trinajstić information content (AvgIpc) is 1.92. The summed E-state index contributed by atoms with van der Waals surface area (Å²) in [5.74, 6) is -1.53. The summed E-state index contributed by atoms with van der Waals surface area (Å²) in [5.41, 5.74) is 0. The highest BCUT2D eigenvalue weighted by atomic mass is 19.4. The summed E-state index contributed by atoms with van der Waals surface area (Å²) in [7, 11) is 0. The summed E-state index contributed by atoms with van der Waals surface area (Å²) in [5, 5.41) is 8.39. The van der Waals surface area contributed by atoms with Crippen LogP contribution >= 0.6 is 0 Å². The van der Waals surface area contributed by atoms with Gasteiger partial charge < -0.3 is 9.84 Å². The summed E-state index contributed by atoms with van der Waals surface area (Å²) < 4.78 is 44.1. The van der Waals surface area contributed by atoms with Crippen molar-refractivity contribution in [1.29, 1.82) is 0 Å². The summed E-state index contributed by atoms with van der Waals surface area (Å²) >= 11 is 0. The molecule has 1 fully saturated rings. The van der Waals surface area contributed by atoms with Crippen LogP contribution in [-0.2, 0) is 9.47 Å². The van der Waals surface area contributed by atoms with E-state index in [-0.39, 0.29) is 26.1 Å². The lowest BCUT2D eigenvalue weighted by molar-refractivity contribution is -0.434. The van der Waals surface area contributed by atoms with Gasteiger partial charge in [-0.1, -0.05) is 0 Å². The number of rotatable bonds is 4. The number of alkyl halides is 3. The van der Waals surface area contributed by atoms with E-state index >= 15 is 0 Å². The van der Waals surface area contributed by atoms with Gasteiger partial charge in [0.1, 0.15) is 0 Å². The van der Waals surface area contributed by atoms with E-state index in [9.17, 15) is 13.2 Å². The average molecular weight is 200 g/mol. The van der Waals surface area contributed by atoms with Gasteiger partial charge in [-0.2, -0.15) is 0 Å². The zero-order valence-corrected chi connectivity index (χ0v) is 6.93. The normalized spacial score (nSPS) is 21.2. The van der Waals surface area contributed by atoms with Gasteiger partial charge in [-0.25, -0.2) is 0 Å². The molecule has 6 heteroatoms. The van der Waals surface area contributed by atoms with E-state index in [1.54, 1.807) is 0 Å². The van der Waals surface area contributed by atoms with E-state index in [1.165, 1.54) is 0 Å². The second kappa shape index (κ2) is 3.81. The highest BCUT2D eigenvalue weighted by molar-refractivity contribution is 4.81. The van der Waals surface area contributed by atoms with E-state index in [1.807, 2.05) is 0 Å². The fraction of sp³-hybridized carbons (Fsp3) is 1.00. The molecular formula is C7H11F3O3. The molecular weight excluding hydrogens is 189 g/mol. The first kappa shape index (κ1) is 10.7. The third-order valence-corrected chi connectivity index (χ3v) is 1.87. The molecule has 0 atom stereocenters. The van der Waals surface area contributed by atoms with Crippen molar-refractivity contribution in [2.45, 2.75) is 31.4 Å². The molecule has 0 aromatic carbocycles. The molecule has 1 aliphatic rings. The molecule has 0 unspecified atom stereocenters. The molecule has 0 heterocycles. The lowest BCUT2D eigenvalue weighted by Crippen LogP contribution is -2.47. The number of hydrogen-bond acceptors (Lipinski definition) is 3. The topological polar surface area (TPSA) is 38.7 Å². The Morgan fingerprint density at radius 2 is 1.92 bits per heavy atom. The Morgan fingerprint density at radius 1 is 1.31 bits per heavy atom. The summed E-state index contributed by atoms with van der Waals surface area (Å²) in [4.78, 5) is 0. The van der Waals surface area contributed by atoms with Crippen molar-refractivity contribution in [2.24, 2.45) is 0 Å². The van der Waals surface area contributed by atoms with Gasteiger partial charge in [0.25, 0.3) is 0 Å². The molecule has 3 nitrogen and oxygen atoms in total. The molecule has 1 rings (SSSR count). The van der Waals surface area contributed by atoms with Crippen molar-refractivity contribution >= 4 is 0 Å². The van der Waals surface area contributed by atoms with E-state index in [2.05, 4.69) is 4.74 Å². The Kier molecular flexibility index (Phi) is 3.15. The second-order valence-electron chi connectivity index (χ2n) is 2.88. The predicted molar refractivity (Wildman–Crippen MR) is 36.8 cm³/mol. The van der Waals surface area contributed by atoms with E-state index in [4.69, 9.17) is 9.84 Å². The van der Waals surface area contributed by atoms with Gasteiger partial charge >= 0.3 is 6.36 Å². The highest BCUT2D eigenvalue weighted by Crippen LogP contribution is 2.41. The Balaban J connectivity index is 2.40. The van der Waals surface area contributed by atoms with Gasteiger partial charge in [0.15, 0.2) is 5.79 Å². The molecule has 0 spiro atoms. The molecule has 13 heavy (non-hydrogen) atoms. The van der Waals surface area contributed by atoms with Gasteiger partial charge in [0.2, 0.25) is 0 Å². The highest BCUT2D eigenvalue weighted by Gasteiger charge is 2.48. The van der Waals surface area contributed by atoms with Crippen LogP contribution in [0.15, 0.2) is 0 Å². The molecule has 0 aromatic heterocycles. The molecule has 1 aliphatic carbocycles. The van der Waals surface area contributed by atoms with Crippen LogP contribution in [-0.4, -0.2) is 30.5 Å². The Bertz CT molecular complexity index is 165. The van der Waals surface area contributed by atoms with E-state index < -0.39 is 12.1 Å². The number of ether oxygens (including phenoxy) is 2. The Morgan fingerprint density at radius 3 is 2.23 bits per heavy atom. The van der Waals surface area contributed by atoms with Crippen molar-refractivity contribution in [2.75, 3.05) is 13.2 Å². The quantitative estimate of drug-likeness (QED) is 0.697. The Labute approximate surface area is 73.4 Å². The number of hydrogen-bond donors (Lipinski definition) is 1. The summed E-state index contributed by atoms with van der Waals surface area (Å²) in [6.07, 6.45) is -3.56. The minimum atomic E-state index is -4.67. The SMILES string of the molecule is OCCOC1(OC(F)(F)F)CCC1. The standard InChI is InChI=1S/C7H11F3O3/c8-7(9,10)13-6(2-1-3-6)12-5-4-11/h11H,1-5H2. The van der Waals surface area contributed by atoms with Crippen molar-refractivity contribution in [3.8, 4) is 0 Å². The van der Waals surface area contributed by atoms with Gasteiger partial charge in [0, 0.05) is 12.8 Å². The zero-order valence-electron chi connectivity index (χ0n) is 6.93. The maximum Gasteiger partial charge on any atom is 0.524 e. The van der Waals surface area contributed by atoms with E-state index in [0.717, 1.165) is 0 Å². The van der Waals surface area contributed by atoms with Crippen LogP contribution in [0.25, 0.3) is 0 Å². The van der Waals surface area contributed by atoms with Crippen molar-refractivity contribution in [3.05, 3.63) is 0 Å². The minimum Gasteiger partial charge on any atom is -0.394 e. The van der Waals surface area contributed by atoms with Crippen molar-refractivity contribution in [1.82, 2.24) is 0 Å². The molecule has 1 N–H and O–H groups in total. The smallest absolute Gasteiger partial charge is 0.394 e. The minimum absolute atomic E-state index is 0.129. The fourth-order valence-corrected chi connectivity index (χ4v) is 1.18. The number of aliphatic hydroxyl groups excluding tert-OH is 1. The zero-order chi connectivity index (χ0) is 9.95. The van der Waals surface area contributed by atoms with Crippen LogP contribution in [0.2, 0.25) is 0 Å². The fourth-order valence-electron chi connectivity index (χ4n) is 1.18. The molecule has 0 saturated heterocycles. The molecule has 78 valence electrons. The third kappa shape index (κ3) is 3.13. The molecule has 0 radical (unpaired) electrons.